The zero-order valence-corrected chi connectivity index (χ0v) is 13.3. The number of hydrogen-bond acceptors (Lipinski definition) is 3. The molecule has 0 aliphatic carbocycles. The van der Waals surface area contributed by atoms with Crippen molar-refractivity contribution in [3.05, 3.63) is 75.9 Å². The Morgan fingerprint density at radius 3 is 2.70 bits per heavy atom. The van der Waals surface area contributed by atoms with Crippen LogP contribution in [0.4, 0.5) is 4.39 Å². The highest BCUT2D eigenvalue weighted by molar-refractivity contribution is 7.11. The van der Waals surface area contributed by atoms with E-state index in [0.29, 0.717) is 16.1 Å². The van der Waals surface area contributed by atoms with Crippen LogP contribution in [0.25, 0.3) is 22.9 Å². The van der Waals surface area contributed by atoms with Gasteiger partial charge >= 0.3 is 0 Å². The summed E-state index contributed by atoms with van der Waals surface area (Å²) in [5.41, 5.74) is 4.12. The van der Waals surface area contributed by atoms with E-state index in [1.165, 1.54) is 29.0 Å². The van der Waals surface area contributed by atoms with Gasteiger partial charge in [0.2, 0.25) is 0 Å². The fourth-order valence-corrected chi connectivity index (χ4v) is 2.95. The molecule has 2 nitrogen and oxygen atoms in total. The molecule has 23 heavy (non-hydrogen) atoms. The number of aryl methyl sites for hydroxylation is 1. The first kappa shape index (κ1) is 15.1. The Morgan fingerprint density at radius 2 is 2.00 bits per heavy atom. The Bertz CT molecular complexity index is 902. The molecular weight excluding hydrogens is 307 g/mol. The smallest absolute Gasteiger partial charge is 0.134 e. The van der Waals surface area contributed by atoms with Crippen molar-refractivity contribution >= 4 is 23.0 Å². The Hall–Kier alpha value is -2.77. The van der Waals surface area contributed by atoms with E-state index in [9.17, 15) is 9.65 Å². The topological polar surface area (TPSA) is 36.7 Å². The van der Waals surface area contributed by atoms with Crippen molar-refractivity contribution in [1.29, 1.82) is 5.26 Å². The van der Waals surface area contributed by atoms with Crippen LogP contribution in [-0.4, -0.2) is 4.98 Å². The van der Waals surface area contributed by atoms with E-state index in [4.69, 9.17) is 0 Å². The van der Waals surface area contributed by atoms with Crippen molar-refractivity contribution < 1.29 is 4.39 Å². The number of nitrogens with zero attached hydrogens (tertiary/aromatic N) is 2. The summed E-state index contributed by atoms with van der Waals surface area (Å²) in [6.45, 7) is 2.03. The highest BCUT2D eigenvalue weighted by atomic mass is 32.1. The number of thiazole rings is 1. The standard InChI is InChI=1S/C19H13FN2S/c1-13-5-7-15(8-6-13)18-12-23-19(22-18)16(11-21)9-14-3-2-4-17(20)10-14/h2-10,12H,1H3. The predicted molar refractivity (Wildman–Crippen MR) is 92.2 cm³/mol. The van der Waals surface area contributed by atoms with Gasteiger partial charge in [0.25, 0.3) is 0 Å². The van der Waals surface area contributed by atoms with Crippen molar-refractivity contribution in [2.24, 2.45) is 0 Å². The monoisotopic (exact) mass is 320 g/mol. The Labute approximate surface area is 138 Å². The van der Waals surface area contributed by atoms with Gasteiger partial charge in [0.05, 0.1) is 11.3 Å². The summed E-state index contributed by atoms with van der Waals surface area (Å²) < 4.78 is 13.3. The maximum absolute atomic E-state index is 13.3. The largest absolute Gasteiger partial charge is 0.235 e. The molecule has 0 unspecified atom stereocenters. The minimum atomic E-state index is -0.324. The van der Waals surface area contributed by atoms with E-state index in [0.717, 1.165) is 11.3 Å². The molecule has 0 bridgehead atoms. The number of rotatable bonds is 3. The summed E-state index contributed by atoms with van der Waals surface area (Å²) in [6, 6.07) is 16.4. The molecule has 0 radical (unpaired) electrons. The molecule has 0 aliphatic heterocycles. The highest BCUT2D eigenvalue weighted by Gasteiger charge is 2.09. The maximum Gasteiger partial charge on any atom is 0.134 e. The molecule has 0 saturated carbocycles. The lowest BCUT2D eigenvalue weighted by molar-refractivity contribution is 0.627. The van der Waals surface area contributed by atoms with Gasteiger partial charge in [-0.3, -0.25) is 0 Å². The van der Waals surface area contributed by atoms with Crippen LogP contribution in [0.15, 0.2) is 53.9 Å². The first-order valence-corrected chi connectivity index (χ1v) is 7.94. The number of hydrogen-bond donors (Lipinski definition) is 0. The van der Waals surface area contributed by atoms with E-state index < -0.39 is 0 Å². The second kappa shape index (κ2) is 6.55. The van der Waals surface area contributed by atoms with Crippen molar-refractivity contribution in [2.45, 2.75) is 6.92 Å². The number of nitriles is 1. The second-order valence-electron chi connectivity index (χ2n) is 5.13. The lowest BCUT2D eigenvalue weighted by Crippen LogP contribution is -1.84. The first-order chi connectivity index (χ1) is 11.2. The van der Waals surface area contributed by atoms with Crippen molar-refractivity contribution in [1.82, 2.24) is 4.98 Å². The first-order valence-electron chi connectivity index (χ1n) is 7.06. The van der Waals surface area contributed by atoms with Crippen LogP contribution >= 0.6 is 11.3 Å². The summed E-state index contributed by atoms with van der Waals surface area (Å²) in [5.74, 6) is -0.324. The Balaban J connectivity index is 1.94. The summed E-state index contributed by atoms with van der Waals surface area (Å²) in [5, 5.41) is 11.9. The molecule has 0 fully saturated rings. The van der Waals surface area contributed by atoms with Gasteiger partial charge < -0.3 is 0 Å². The summed E-state index contributed by atoms with van der Waals surface area (Å²) in [6.07, 6.45) is 1.65. The van der Waals surface area contributed by atoms with Gasteiger partial charge in [0, 0.05) is 10.9 Å². The van der Waals surface area contributed by atoms with Gasteiger partial charge in [-0.1, -0.05) is 42.0 Å². The Morgan fingerprint density at radius 1 is 1.22 bits per heavy atom. The number of allylic oxidation sites excluding steroid dienone is 1. The molecule has 4 heteroatoms. The molecule has 0 atom stereocenters. The molecule has 3 rings (SSSR count). The van der Waals surface area contributed by atoms with Crippen LogP contribution in [0.2, 0.25) is 0 Å². The third-order valence-electron chi connectivity index (χ3n) is 3.36. The van der Waals surface area contributed by atoms with E-state index >= 15 is 0 Å². The maximum atomic E-state index is 13.3. The van der Waals surface area contributed by atoms with Crippen LogP contribution in [0, 0.1) is 24.1 Å². The van der Waals surface area contributed by atoms with Crippen LogP contribution < -0.4 is 0 Å². The quantitative estimate of drug-likeness (QED) is 0.612. The minimum absolute atomic E-state index is 0.324. The molecule has 0 aliphatic rings. The zero-order chi connectivity index (χ0) is 16.2. The van der Waals surface area contributed by atoms with Gasteiger partial charge in [-0.15, -0.1) is 11.3 Å². The summed E-state index contributed by atoms with van der Waals surface area (Å²) >= 11 is 1.41. The van der Waals surface area contributed by atoms with Crippen LogP contribution in [0.5, 0.6) is 0 Å². The summed E-state index contributed by atoms with van der Waals surface area (Å²) in [4.78, 5) is 4.53. The SMILES string of the molecule is Cc1ccc(-c2csc(C(C#N)=Cc3cccc(F)c3)n2)cc1. The van der Waals surface area contributed by atoms with Gasteiger partial charge in [0.15, 0.2) is 0 Å². The highest BCUT2D eigenvalue weighted by Crippen LogP contribution is 2.27. The second-order valence-corrected chi connectivity index (χ2v) is 5.99. The number of halogens is 1. The molecule has 3 aromatic rings. The predicted octanol–water partition coefficient (Wildman–Crippen LogP) is 5.32. The van der Waals surface area contributed by atoms with E-state index in [2.05, 4.69) is 11.1 Å². The van der Waals surface area contributed by atoms with E-state index in [1.807, 2.05) is 36.6 Å². The molecular formula is C19H13FN2S. The van der Waals surface area contributed by atoms with Crippen LogP contribution in [0.3, 0.4) is 0 Å². The van der Waals surface area contributed by atoms with Gasteiger partial charge in [0.1, 0.15) is 16.9 Å². The van der Waals surface area contributed by atoms with E-state index in [1.54, 1.807) is 18.2 Å². The molecule has 2 aromatic carbocycles. The molecule has 112 valence electrons. The zero-order valence-electron chi connectivity index (χ0n) is 12.5. The van der Waals surface area contributed by atoms with Gasteiger partial charge in [-0.25, -0.2) is 9.37 Å². The molecule has 0 amide bonds. The lowest BCUT2D eigenvalue weighted by Gasteiger charge is -1.98. The fourth-order valence-electron chi connectivity index (χ4n) is 2.16. The molecule has 0 spiro atoms. The average Bonchev–Trinajstić information content (AvgIpc) is 3.03. The summed E-state index contributed by atoms with van der Waals surface area (Å²) in [7, 11) is 0. The number of aromatic nitrogens is 1. The van der Waals surface area contributed by atoms with Crippen LogP contribution in [-0.2, 0) is 0 Å². The van der Waals surface area contributed by atoms with E-state index in [-0.39, 0.29) is 5.82 Å². The molecule has 1 heterocycles. The lowest BCUT2D eigenvalue weighted by atomic mass is 10.1. The van der Waals surface area contributed by atoms with Gasteiger partial charge in [-0.2, -0.15) is 5.26 Å². The number of benzene rings is 2. The van der Waals surface area contributed by atoms with Crippen molar-refractivity contribution in [3.8, 4) is 17.3 Å². The average molecular weight is 320 g/mol. The van der Waals surface area contributed by atoms with Crippen LogP contribution in [0.1, 0.15) is 16.1 Å². The van der Waals surface area contributed by atoms with Gasteiger partial charge in [-0.05, 0) is 30.7 Å². The normalized spacial score (nSPS) is 11.3. The molecule has 1 aromatic heterocycles. The van der Waals surface area contributed by atoms with Crippen molar-refractivity contribution in [3.63, 3.8) is 0 Å². The third kappa shape index (κ3) is 3.53. The third-order valence-corrected chi connectivity index (χ3v) is 4.24. The van der Waals surface area contributed by atoms with Crippen molar-refractivity contribution in [2.75, 3.05) is 0 Å². The molecule has 0 saturated heterocycles. The Kier molecular flexibility index (Phi) is 4.31. The molecule has 0 N–H and O–H groups in total. The minimum Gasteiger partial charge on any atom is -0.235 e. The fraction of sp³-hybridized carbons (Fsp3) is 0.0526.